The molecule has 1 atom stereocenters. The van der Waals surface area contributed by atoms with Crippen LogP contribution in [0.5, 0.6) is 0 Å². The summed E-state index contributed by atoms with van der Waals surface area (Å²) >= 11 is 0. The molecule has 1 nitrogen and oxygen atoms in total. The number of hydrogen-bond donors (Lipinski definition) is 0. The van der Waals surface area contributed by atoms with Crippen LogP contribution in [0.25, 0.3) is 0 Å². The van der Waals surface area contributed by atoms with Crippen LogP contribution in [0.3, 0.4) is 0 Å². The fraction of sp³-hybridized carbons (Fsp3) is 0.467. The third-order valence-corrected chi connectivity index (χ3v) is 8.76. The van der Waals surface area contributed by atoms with Crippen molar-refractivity contribution in [3.8, 4) is 0 Å². The van der Waals surface area contributed by atoms with Gasteiger partial charge in [-0.25, -0.2) is 11.3 Å². The number of allylic oxidation sites excluding steroid dienone is 6. The van der Waals surface area contributed by atoms with Gasteiger partial charge in [0.05, 0.1) is 13.3 Å². The summed E-state index contributed by atoms with van der Waals surface area (Å²) in [5, 5.41) is 1.31. The van der Waals surface area contributed by atoms with Crippen LogP contribution < -0.4 is 24.8 Å². The van der Waals surface area contributed by atoms with E-state index in [4.69, 9.17) is 4.74 Å². The molecule has 2 aliphatic rings. The van der Waals surface area contributed by atoms with Gasteiger partial charge in [-0.3, -0.25) is 6.08 Å². The Bertz CT molecular complexity index is 441. The van der Waals surface area contributed by atoms with E-state index in [2.05, 4.69) is 56.5 Å². The first-order valence-electron chi connectivity index (χ1n) is 6.21. The van der Waals surface area contributed by atoms with Gasteiger partial charge in [0.1, 0.15) is 0 Å². The van der Waals surface area contributed by atoms with Gasteiger partial charge in [0, 0.05) is 7.11 Å². The van der Waals surface area contributed by atoms with Crippen LogP contribution in [0.2, 0.25) is 13.1 Å². The minimum Gasteiger partial charge on any atom is -1.00 e. The molecular formula is C15H21Cl2OSiTi. The van der Waals surface area contributed by atoms with Crippen LogP contribution in [0, 0.1) is 6.08 Å². The molecule has 0 aromatic carbocycles. The van der Waals surface area contributed by atoms with E-state index in [1.807, 2.05) is 7.11 Å². The smallest absolute Gasteiger partial charge is 1.00 e. The van der Waals surface area contributed by atoms with E-state index in [1.165, 1.54) is 10.8 Å². The molecule has 0 amide bonds. The van der Waals surface area contributed by atoms with Gasteiger partial charge in [0.25, 0.3) is 0 Å². The summed E-state index contributed by atoms with van der Waals surface area (Å²) in [6.07, 6.45) is 16.5. The van der Waals surface area contributed by atoms with E-state index in [9.17, 15) is 0 Å². The summed E-state index contributed by atoms with van der Waals surface area (Å²) in [6, 6.07) is 0. The summed E-state index contributed by atoms with van der Waals surface area (Å²) in [5.74, 6) is 0. The molecule has 0 bridgehead atoms. The molecule has 5 heteroatoms. The standard InChI is InChI=1S/C15H21OSi.2ClH.Ti/c1-13-9-7-8-12-15(13,16-2)17(3,4)14-10-5-6-11-14;;;/h5,7-10H,6,12H2,1-4H3;2*1H;/q-1;;;+3/p-2. The number of ether oxygens (including phenoxy) is 1. The molecule has 1 unspecified atom stereocenters. The summed E-state index contributed by atoms with van der Waals surface area (Å²) in [4.78, 5) is 0. The molecule has 0 aliphatic heterocycles. The van der Waals surface area contributed by atoms with Crippen molar-refractivity contribution in [2.75, 3.05) is 7.11 Å². The molecule has 0 saturated carbocycles. The third-order valence-electron chi connectivity index (χ3n) is 4.25. The van der Waals surface area contributed by atoms with Crippen molar-refractivity contribution in [1.82, 2.24) is 0 Å². The number of hydrogen-bond acceptors (Lipinski definition) is 1. The maximum atomic E-state index is 6.02. The van der Waals surface area contributed by atoms with Crippen LogP contribution >= 0.6 is 0 Å². The first-order valence-corrected chi connectivity index (χ1v) is 9.21. The summed E-state index contributed by atoms with van der Waals surface area (Å²) in [6.45, 7) is 6.98. The molecule has 109 valence electrons. The zero-order valence-corrected chi connectivity index (χ0v) is 16.5. The topological polar surface area (TPSA) is 9.23 Å². The van der Waals surface area contributed by atoms with Crippen LogP contribution in [0.1, 0.15) is 19.8 Å². The fourth-order valence-electron chi connectivity index (χ4n) is 3.04. The molecule has 0 aromatic rings. The second kappa shape index (κ2) is 8.77. The molecule has 0 spiro atoms. The zero-order chi connectivity index (χ0) is 12.5. The molecule has 0 saturated heterocycles. The Balaban J connectivity index is 0. The van der Waals surface area contributed by atoms with E-state index in [0.29, 0.717) is 0 Å². The maximum absolute atomic E-state index is 6.02. The van der Waals surface area contributed by atoms with E-state index >= 15 is 0 Å². The molecule has 0 aromatic heterocycles. The van der Waals surface area contributed by atoms with Gasteiger partial charge < -0.3 is 29.6 Å². The van der Waals surface area contributed by atoms with Crippen molar-refractivity contribution < 1.29 is 51.3 Å². The summed E-state index contributed by atoms with van der Waals surface area (Å²) < 4.78 is 6.02. The average molecular weight is 364 g/mol. The Morgan fingerprint density at radius 3 is 2.35 bits per heavy atom. The molecule has 0 N–H and O–H groups in total. The van der Waals surface area contributed by atoms with E-state index in [-0.39, 0.29) is 51.8 Å². The van der Waals surface area contributed by atoms with Gasteiger partial charge in [0.15, 0.2) is 0 Å². The van der Waals surface area contributed by atoms with Gasteiger partial charge >= 0.3 is 21.7 Å². The third kappa shape index (κ3) is 3.60. The van der Waals surface area contributed by atoms with Crippen molar-refractivity contribution in [2.24, 2.45) is 0 Å². The predicted molar refractivity (Wildman–Crippen MR) is 75.2 cm³/mol. The van der Waals surface area contributed by atoms with Crippen molar-refractivity contribution in [1.29, 1.82) is 0 Å². The molecule has 0 heterocycles. The van der Waals surface area contributed by atoms with Crippen LogP contribution in [0.15, 0.2) is 41.1 Å². The second-order valence-corrected chi connectivity index (χ2v) is 9.93. The Morgan fingerprint density at radius 2 is 1.90 bits per heavy atom. The second-order valence-electron chi connectivity index (χ2n) is 5.34. The number of halogens is 2. The van der Waals surface area contributed by atoms with E-state index in [1.54, 1.807) is 0 Å². The van der Waals surface area contributed by atoms with Gasteiger partial charge in [-0.05, 0) is 18.9 Å². The maximum Gasteiger partial charge on any atom is 3.00 e. The monoisotopic (exact) mass is 363 g/mol. The largest absolute Gasteiger partial charge is 3.00 e. The SMILES string of the molecule is COC1([Si](C)(C)C2=[C-]CC=C2)CC=CC=C1C.[Cl-].[Cl-].[Ti+3]. The summed E-state index contributed by atoms with van der Waals surface area (Å²) in [7, 11) is 0.146. The fourth-order valence-corrected chi connectivity index (χ4v) is 6.76. The molecule has 0 fully saturated rings. The minimum atomic E-state index is -1.71. The number of rotatable bonds is 3. The van der Waals surface area contributed by atoms with Crippen molar-refractivity contribution in [3.63, 3.8) is 0 Å². The van der Waals surface area contributed by atoms with Gasteiger partial charge in [-0.1, -0.05) is 31.3 Å². The Labute approximate surface area is 151 Å². The van der Waals surface area contributed by atoms with E-state index < -0.39 is 8.07 Å². The van der Waals surface area contributed by atoms with Gasteiger partial charge in [-0.2, -0.15) is 6.08 Å². The summed E-state index contributed by atoms with van der Waals surface area (Å²) in [5.41, 5.74) is 1.36. The molecule has 1 radical (unpaired) electrons. The molecule has 2 aliphatic carbocycles. The molecule has 2 rings (SSSR count). The first kappa shape index (κ1) is 22.7. The predicted octanol–water partition coefficient (Wildman–Crippen LogP) is -2.24. The van der Waals surface area contributed by atoms with Crippen LogP contribution in [-0.2, 0) is 26.5 Å². The molecular weight excluding hydrogens is 343 g/mol. The van der Waals surface area contributed by atoms with Crippen LogP contribution in [0.4, 0.5) is 0 Å². The number of methoxy groups -OCH3 is 1. The molecule has 20 heavy (non-hydrogen) atoms. The van der Waals surface area contributed by atoms with Crippen LogP contribution in [-0.4, -0.2) is 20.4 Å². The van der Waals surface area contributed by atoms with Crippen molar-refractivity contribution >= 4 is 8.07 Å². The normalized spacial score (nSPS) is 24.0. The zero-order valence-electron chi connectivity index (χ0n) is 12.5. The Kier molecular flexibility index (Phi) is 9.96. The first-order chi connectivity index (χ1) is 8.04. The Hall–Kier alpha value is 0.431. The van der Waals surface area contributed by atoms with Crippen molar-refractivity contribution in [3.05, 3.63) is 47.2 Å². The minimum absolute atomic E-state index is 0. The van der Waals surface area contributed by atoms with Gasteiger partial charge in [-0.15, -0.1) is 6.42 Å². The van der Waals surface area contributed by atoms with Crippen molar-refractivity contribution in [2.45, 2.75) is 38.1 Å². The van der Waals surface area contributed by atoms with E-state index in [0.717, 1.165) is 12.8 Å². The Morgan fingerprint density at radius 1 is 1.25 bits per heavy atom. The quantitative estimate of drug-likeness (QED) is 0.407. The van der Waals surface area contributed by atoms with Gasteiger partial charge in [0.2, 0.25) is 0 Å². The average Bonchev–Trinajstić information content (AvgIpc) is 2.83.